The Bertz CT molecular complexity index is 756. The molecule has 0 radical (unpaired) electrons. The number of likely N-dealkylation sites (N-methyl/N-ethyl adjacent to an activating group) is 1. The summed E-state index contributed by atoms with van der Waals surface area (Å²) in [4.78, 5) is 29.0. The Kier molecular flexibility index (Phi) is 3.58. The monoisotopic (exact) mass is 317 g/mol. The molecule has 3 rings (SSSR count). The summed E-state index contributed by atoms with van der Waals surface area (Å²) in [5, 5.41) is 5.07. The van der Waals surface area contributed by atoms with E-state index in [9.17, 15) is 9.59 Å². The number of hydrogen-bond acceptors (Lipinski definition) is 5. The summed E-state index contributed by atoms with van der Waals surface area (Å²) in [5.41, 5.74) is 2.33. The molecule has 2 amide bonds. The zero-order chi connectivity index (χ0) is 15.9. The first kappa shape index (κ1) is 14.5. The molecule has 1 aromatic carbocycles. The highest BCUT2D eigenvalue weighted by Gasteiger charge is 2.29. The van der Waals surface area contributed by atoms with Crippen molar-refractivity contribution in [2.24, 2.45) is 0 Å². The van der Waals surface area contributed by atoms with Gasteiger partial charge in [-0.15, -0.1) is 11.3 Å². The van der Waals surface area contributed by atoms with Crippen molar-refractivity contribution >= 4 is 34.0 Å². The van der Waals surface area contributed by atoms with Crippen LogP contribution in [-0.4, -0.2) is 29.9 Å². The minimum atomic E-state index is -0.478. The number of benzene rings is 1. The highest BCUT2D eigenvalue weighted by molar-refractivity contribution is 7.14. The number of anilines is 2. The van der Waals surface area contributed by atoms with Gasteiger partial charge in [0, 0.05) is 24.9 Å². The van der Waals surface area contributed by atoms with Crippen LogP contribution in [0.4, 0.5) is 10.8 Å². The molecule has 0 bridgehead atoms. The van der Waals surface area contributed by atoms with E-state index in [1.54, 1.807) is 18.9 Å². The van der Waals surface area contributed by atoms with Crippen molar-refractivity contribution in [3.05, 3.63) is 23.6 Å². The molecular weight excluding hydrogens is 302 g/mol. The van der Waals surface area contributed by atoms with Gasteiger partial charge < -0.3 is 15.0 Å². The van der Waals surface area contributed by atoms with Crippen LogP contribution in [0.2, 0.25) is 0 Å². The number of thiazole rings is 1. The number of rotatable bonds is 2. The number of nitrogens with one attached hydrogen (secondary N) is 1. The van der Waals surface area contributed by atoms with Crippen molar-refractivity contribution in [3.63, 3.8) is 0 Å². The topological polar surface area (TPSA) is 71.5 Å². The van der Waals surface area contributed by atoms with Crippen LogP contribution in [0.15, 0.2) is 23.6 Å². The molecule has 1 aliphatic rings. The van der Waals surface area contributed by atoms with Crippen LogP contribution < -0.4 is 15.0 Å². The first-order valence-electron chi connectivity index (χ1n) is 6.77. The Morgan fingerprint density at radius 2 is 2.23 bits per heavy atom. The van der Waals surface area contributed by atoms with E-state index >= 15 is 0 Å². The summed E-state index contributed by atoms with van der Waals surface area (Å²) in [6, 6.07) is 5.59. The van der Waals surface area contributed by atoms with Crippen molar-refractivity contribution in [1.82, 2.24) is 4.98 Å². The predicted molar refractivity (Wildman–Crippen MR) is 85.4 cm³/mol. The Labute approximate surface area is 131 Å². The summed E-state index contributed by atoms with van der Waals surface area (Å²) in [5.74, 6) is 0.441. The lowest BCUT2D eigenvalue weighted by Crippen LogP contribution is -2.41. The van der Waals surface area contributed by atoms with Crippen LogP contribution >= 0.6 is 11.3 Å². The van der Waals surface area contributed by atoms with Gasteiger partial charge in [-0.1, -0.05) is 0 Å². The molecule has 6 nitrogen and oxygen atoms in total. The number of carbonyl (C=O) groups excluding carboxylic acids is 2. The van der Waals surface area contributed by atoms with Gasteiger partial charge in [0.25, 0.3) is 5.91 Å². The Hall–Kier alpha value is -2.41. The third-order valence-electron chi connectivity index (χ3n) is 3.39. The lowest BCUT2D eigenvalue weighted by Gasteiger charge is -2.30. The van der Waals surface area contributed by atoms with Crippen LogP contribution in [0.3, 0.4) is 0 Å². The van der Waals surface area contributed by atoms with E-state index in [1.807, 2.05) is 23.6 Å². The van der Waals surface area contributed by atoms with Crippen molar-refractivity contribution < 1.29 is 14.3 Å². The number of hydrogen-bond donors (Lipinski definition) is 1. The van der Waals surface area contributed by atoms with E-state index in [2.05, 4.69) is 10.3 Å². The third-order valence-corrected chi connectivity index (χ3v) is 4.14. The number of ether oxygens (including phenoxy) is 1. The minimum absolute atomic E-state index is 0.0816. The van der Waals surface area contributed by atoms with Crippen LogP contribution in [0.5, 0.6) is 5.75 Å². The average Bonchev–Trinajstić information content (AvgIpc) is 2.92. The summed E-state index contributed by atoms with van der Waals surface area (Å²) in [6.07, 6.45) is -0.478. The SMILES string of the molecule is CC(=O)Nc1nc(-c2ccc3c(c2)N(C)C(=O)C(C)O3)cs1. The molecule has 2 aromatic rings. The van der Waals surface area contributed by atoms with Gasteiger partial charge >= 0.3 is 0 Å². The van der Waals surface area contributed by atoms with Crippen molar-refractivity contribution in [1.29, 1.82) is 0 Å². The molecule has 1 unspecified atom stereocenters. The largest absolute Gasteiger partial charge is 0.479 e. The average molecular weight is 317 g/mol. The molecule has 114 valence electrons. The minimum Gasteiger partial charge on any atom is -0.479 e. The van der Waals surface area contributed by atoms with E-state index in [0.717, 1.165) is 16.9 Å². The second-order valence-corrected chi connectivity index (χ2v) is 5.92. The molecule has 1 atom stereocenters. The molecule has 0 aliphatic carbocycles. The highest BCUT2D eigenvalue weighted by Crippen LogP contribution is 2.37. The lowest BCUT2D eigenvalue weighted by molar-refractivity contribution is -0.125. The van der Waals surface area contributed by atoms with Gasteiger partial charge in [-0.05, 0) is 25.1 Å². The predicted octanol–water partition coefficient (Wildman–Crippen LogP) is 2.51. The van der Waals surface area contributed by atoms with Gasteiger partial charge in [-0.2, -0.15) is 0 Å². The number of fused-ring (bicyclic) bond motifs is 1. The molecule has 1 aliphatic heterocycles. The fraction of sp³-hybridized carbons (Fsp3) is 0.267. The molecule has 0 fully saturated rings. The molecule has 2 heterocycles. The first-order chi connectivity index (χ1) is 10.5. The highest BCUT2D eigenvalue weighted by atomic mass is 32.1. The number of carbonyl (C=O) groups is 2. The van der Waals surface area contributed by atoms with E-state index in [0.29, 0.717) is 10.9 Å². The summed E-state index contributed by atoms with van der Waals surface area (Å²) in [7, 11) is 1.73. The maximum absolute atomic E-state index is 12.0. The molecule has 1 aromatic heterocycles. The molecule has 7 heteroatoms. The third kappa shape index (κ3) is 2.55. The van der Waals surface area contributed by atoms with Gasteiger partial charge in [-0.3, -0.25) is 9.59 Å². The molecule has 0 saturated heterocycles. The maximum Gasteiger partial charge on any atom is 0.267 e. The first-order valence-corrected chi connectivity index (χ1v) is 7.65. The second-order valence-electron chi connectivity index (χ2n) is 5.06. The molecule has 0 spiro atoms. The van der Waals surface area contributed by atoms with Gasteiger partial charge in [0.05, 0.1) is 11.4 Å². The van der Waals surface area contributed by atoms with Gasteiger partial charge in [0.15, 0.2) is 11.2 Å². The normalized spacial score (nSPS) is 17.0. The summed E-state index contributed by atoms with van der Waals surface area (Å²) in [6.45, 7) is 3.18. The Morgan fingerprint density at radius 3 is 2.95 bits per heavy atom. The fourth-order valence-electron chi connectivity index (χ4n) is 2.29. The van der Waals surface area contributed by atoms with E-state index in [4.69, 9.17) is 4.74 Å². The van der Waals surface area contributed by atoms with Crippen molar-refractivity contribution in [2.45, 2.75) is 20.0 Å². The quantitative estimate of drug-likeness (QED) is 0.924. The zero-order valence-corrected chi connectivity index (χ0v) is 13.2. The number of nitrogens with zero attached hydrogens (tertiary/aromatic N) is 2. The van der Waals surface area contributed by atoms with E-state index < -0.39 is 6.10 Å². The molecule has 22 heavy (non-hydrogen) atoms. The van der Waals surface area contributed by atoms with Gasteiger partial charge in [0.1, 0.15) is 5.75 Å². The molecule has 1 N–H and O–H groups in total. The lowest BCUT2D eigenvalue weighted by atomic mass is 10.1. The number of aromatic nitrogens is 1. The van der Waals surface area contributed by atoms with E-state index in [-0.39, 0.29) is 11.8 Å². The second kappa shape index (κ2) is 5.42. The fourth-order valence-corrected chi connectivity index (χ4v) is 3.05. The standard InChI is InChI=1S/C15H15N3O3S/c1-8-14(20)18(3)12-6-10(4-5-13(12)21-8)11-7-22-15(17-11)16-9(2)19/h4-8H,1-3H3,(H,16,17,19). The number of amides is 2. The van der Waals surface area contributed by atoms with Crippen LogP contribution in [-0.2, 0) is 9.59 Å². The smallest absolute Gasteiger partial charge is 0.267 e. The van der Waals surface area contributed by atoms with Crippen LogP contribution in [0.1, 0.15) is 13.8 Å². The summed E-state index contributed by atoms with van der Waals surface area (Å²) >= 11 is 1.36. The Morgan fingerprint density at radius 1 is 1.45 bits per heavy atom. The van der Waals surface area contributed by atoms with Gasteiger partial charge in [0.2, 0.25) is 5.91 Å². The maximum atomic E-state index is 12.0. The van der Waals surface area contributed by atoms with E-state index in [1.165, 1.54) is 18.3 Å². The molecule has 0 saturated carbocycles. The summed E-state index contributed by atoms with van der Waals surface area (Å²) < 4.78 is 5.60. The Balaban J connectivity index is 1.95. The zero-order valence-electron chi connectivity index (χ0n) is 12.4. The van der Waals surface area contributed by atoms with Crippen molar-refractivity contribution in [2.75, 3.05) is 17.3 Å². The van der Waals surface area contributed by atoms with Crippen LogP contribution in [0.25, 0.3) is 11.3 Å². The van der Waals surface area contributed by atoms with Crippen molar-refractivity contribution in [3.8, 4) is 17.0 Å². The van der Waals surface area contributed by atoms with Crippen LogP contribution in [0, 0.1) is 0 Å². The van der Waals surface area contributed by atoms with Gasteiger partial charge in [-0.25, -0.2) is 4.98 Å². The molecular formula is C15H15N3O3S.